The molecular formula is C11H14ClNO3S2. The maximum Gasteiger partial charge on any atom is 0.262 e. The van der Waals surface area contributed by atoms with Gasteiger partial charge in [-0.15, -0.1) is 11.3 Å². The maximum atomic E-state index is 11.9. The summed E-state index contributed by atoms with van der Waals surface area (Å²) in [5.74, 6) is 0.349. The summed E-state index contributed by atoms with van der Waals surface area (Å²) in [6.07, 6.45) is 2.06. The van der Waals surface area contributed by atoms with Gasteiger partial charge in [-0.05, 0) is 25.3 Å². The van der Waals surface area contributed by atoms with Crippen molar-refractivity contribution in [1.29, 1.82) is 0 Å². The SMILES string of the molecule is CCC1CC1NC(=O)c1cc(S(=O)(=O)Cl)c(C)s1. The Morgan fingerprint density at radius 2 is 2.28 bits per heavy atom. The zero-order valence-corrected chi connectivity index (χ0v) is 12.5. The third kappa shape index (κ3) is 2.87. The molecular weight excluding hydrogens is 294 g/mol. The average molecular weight is 308 g/mol. The van der Waals surface area contributed by atoms with E-state index < -0.39 is 9.05 Å². The van der Waals surface area contributed by atoms with E-state index in [0.717, 1.165) is 24.2 Å². The first-order valence-electron chi connectivity index (χ1n) is 5.69. The van der Waals surface area contributed by atoms with Crippen LogP contribution in [0.3, 0.4) is 0 Å². The largest absolute Gasteiger partial charge is 0.348 e. The number of thiophene rings is 1. The standard InChI is InChI=1S/C11H14ClNO3S2/c1-3-7-4-8(7)13-11(14)9-5-10(6(2)17-9)18(12,15)16/h5,7-8H,3-4H2,1-2H3,(H,13,14). The molecule has 1 aromatic heterocycles. The van der Waals surface area contributed by atoms with Crippen LogP contribution in [-0.2, 0) is 9.05 Å². The summed E-state index contributed by atoms with van der Waals surface area (Å²) in [6.45, 7) is 3.73. The molecule has 1 N–H and O–H groups in total. The molecule has 0 spiro atoms. The van der Waals surface area contributed by atoms with Gasteiger partial charge >= 0.3 is 0 Å². The smallest absolute Gasteiger partial charge is 0.262 e. The van der Waals surface area contributed by atoms with Crippen LogP contribution in [0.4, 0.5) is 0 Å². The molecule has 0 saturated heterocycles. The van der Waals surface area contributed by atoms with Crippen LogP contribution in [0.25, 0.3) is 0 Å². The Bertz CT molecular complexity index is 579. The Labute approximate surface area is 115 Å². The summed E-state index contributed by atoms with van der Waals surface area (Å²) in [5.41, 5.74) is 0. The fourth-order valence-electron chi connectivity index (χ4n) is 1.93. The molecule has 1 heterocycles. The number of hydrogen-bond acceptors (Lipinski definition) is 4. The van der Waals surface area contributed by atoms with Gasteiger partial charge in [-0.2, -0.15) is 0 Å². The summed E-state index contributed by atoms with van der Waals surface area (Å²) < 4.78 is 22.5. The predicted octanol–water partition coefficient (Wildman–Crippen LogP) is 2.51. The van der Waals surface area contributed by atoms with Crippen molar-refractivity contribution in [2.24, 2.45) is 5.92 Å². The van der Waals surface area contributed by atoms with E-state index in [1.54, 1.807) is 6.92 Å². The molecule has 2 rings (SSSR count). The number of aryl methyl sites for hydroxylation is 1. The lowest BCUT2D eigenvalue weighted by molar-refractivity contribution is 0.0953. The zero-order chi connectivity index (χ0) is 13.5. The lowest BCUT2D eigenvalue weighted by atomic mass is 10.3. The summed E-state index contributed by atoms with van der Waals surface area (Å²) >= 11 is 1.15. The second-order valence-corrected chi connectivity index (χ2v) is 8.24. The molecule has 1 fully saturated rings. The molecule has 1 aromatic rings. The molecule has 0 bridgehead atoms. The van der Waals surface area contributed by atoms with Crippen LogP contribution in [-0.4, -0.2) is 20.4 Å². The molecule has 1 aliphatic rings. The number of rotatable bonds is 4. The van der Waals surface area contributed by atoms with E-state index in [1.807, 2.05) is 0 Å². The van der Waals surface area contributed by atoms with E-state index in [2.05, 4.69) is 12.2 Å². The van der Waals surface area contributed by atoms with Crippen LogP contribution in [0.1, 0.15) is 34.3 Å². The van der Waals surface area contributed by atoms with Crippen LogP contribution in [0, 0.1) is 12.8 Å². The van der Waals surface area contributed by atoms with Crippen LogP contribution in [0.5, 0.6) is 0 Å². The number of hydrogen-bond donors (Lipinski definition) is 1. The molecule has 2 atom stereocenters. The van der Waals surface area contributed by atoms with Crippen molar-refractivity contribution in [2.45, 2.75) is 37.6 Å². The van der Waals surface area contributed by atoms with Crippen LogP contribution >= 0.6 is 22.0 Å². The van der Waals surface area contributed by atoms with E-state index >= 15 is 0 Å². The van der Waals surface area contributed by atoms with Gasteiger partial charge in [0.25, 0.3) is 15.0 Å². The molecule has 0 aliphatic heterocycles. The maximum absolute atomic E-state index is 11.9. The number of amides is 1. The van der Waals surface area contributed by atoms with Crippen molar-refractivity contribution in [1.82, 2.24) is 5.32 Å². The number of halogens is 1. The Morgan fingerprint density at radius 3 is 2.72 bits per heavy atom. The molecule has 1 amide bonds. The van der Waals surface area contributed by atoms with Crippen molar-refractivity contribution in [3.8, 4) is 0 Å². The van der Waals surface area contributed by atoms with Gasteiger partial charge in [-0.3, -0.25) is 4.79 Å². The van der Waals surface area contributed by atoms with Crippen molar-refractivity contribution in [2.75, 3.05) is 0 Å². The van der Waals surface area contributed by atoms with E-state index in [-0.39, 0.29) is 16.8 Å². The van der Waals surface area contributed by atoms with Gasteiger partial charge in [0, 0.05) is 21.6 Å². The summed E-state index contributed by atoms with van der Waals surface area (Å²) in [4.78, 5) is 12.9. The van der Waals surface area contributed by atoms with Crippen LogP contribution in [0.2, 0.25) is 0 Å². The van der Waals surface area contributed by atoms with Crippen molar-refractivity contribution in [3.63, 3.8) is 0 Å². The van der Waals surface area contributed by atoms with E-state index in [1.165, 1.54) is 6.07 Å². The van der Waals surface area contributed by atoms with E-state index in [0.29, 0.717) is 15.7 Å². The lowest BCUT2D eigenvalue weighted by Gasteiger charge is -2.00. The summed E-state index contributed by atoms with van der Waals surface area (Å²) in [6, 6.07) is 1.59. The lowest BCUT2D eigenvalue weighted by Crippen LogP contribution is -2.25. The minimum absolute atomic E-state index is 0.0298. The second kappa shape index (κ2) is 4.83. The van der Waals surface area contributed by atoms with E-state index in [9.17, 15) is 13.2 Å². The third-order valence-electron chi connectivity index (χ3n) is 3.12. The predicted molar refractivity (Wildman–Crippen MR) is 71.7 cm³/mol. The van der Waals surface area contributed by atoms with E-state index in [4.69, 9.17) is 10.7 Å². The highest BCUT2D eigenvalue weighted by molar-refractivity contribution is 8.13. The highest BCUT2D eigenvalue weighted by atomic mass is 35.7. The fraction of sp³-hybridized carbons (Fsp3) is 0.545. The Morgan fingerprint density at radius 1 is 1.61 bits per heavy atom. The number of carbonyl (C=O) groups is 1. The van der Waals surface area contributed by atoms with Crippen LogP contribution < -0.4 is 5.32 Å². The fourth-order valence-corrected chi connectivity index (χ4v) is 4.50. The topological polar surface area (TPSA) is 63.2 Å². The molecule has 100 valence electrons. The first-order valence-corrected chi connectivity index (χ1v) is 8.81. The normalized spacial score (nSPS) is 22.8. The average Bonchev–Trinajstić information content (AvgIpc) is 2.88. The van der Waals surface area contributed by atoms with Gasteiger partial charge in [-0.1, -0.05) is 13.3 Å². The Hall–Kier alpha value is -0.590. The molecule has 7 heteroatoms. The van der Waals surface area contributed by atoms with Crippen molar-refractivity contribution < 1.29 is 13.2 Å². The zero-order valence-electron chi connectivity index (χ0n) is 10.1. The molecule has 0 radical (unpaired) electrons. The molecule has 2 unspecified atom stereocenters. The molecule has 1 aliphatic carbocycles. The van der Waals surface area contributed by atoms with Gasteiger partial charge in [0.15, 0.2) is 0 Å². The molecule has 4 nitrogen and oxygen atoms in total. The highest BCUT2D eigenvalue weighted by Gasteiger charge is 2.37. The van der Waals surface area contributed by atoms with Gasteiger partial charge in [0.1, 0.15) is 0 Å². The van der Waals surface area contributed by atoms with Gasteiger partial charge in [-0.25, -0.2) is 8.42 Å². The van der Waals surface area contributed by atoms with Crippen molar-refractivity contribution in [3.05, 3.63) is 15.8 Å². The molecule has 0 aromatic carbocycles. The molecule has 1 saturated carbocycles. The number of nitrogens with one attached hydrogen (secondary N) is 1. The Kier molecular flexibility index (Phi) is 3.71. The quantitative estimate of drug-likeness (QED) is 0.869. The molecule has 18 heavy (non-hydrogen) atoms. The Balaban J connectivity index is 2.13. The first-order chi connectivity index (χ1) is 8.32. The summed E-state index contributed by atoms with van der Waals surface area (Å²) in [7, 11) is 1.52. The highest BCUT2D eigenvalue weighted by Crippen LogP contribution is 2.34. The second-order valence-electron chi connectivity index (χ2n) is 4.45. The first kappa shape index (κ1) is 13.8. The minimum atomic E-state index is -3.77. The minimum Gasteiger partial charge on any atom is -0.348 e. The van der Waals surface area contributed by atoms with Crippen LogP contribution in [0.15, 0.2) is 11.0 Å². The third-order valence-corrected chi connectivity index (χ3v) is 5.75. The van der Waals surface area contributed by atoms with Crippen molar-refractivity contribution >= 4 is 37.0 Å². The number of carbonyl (C=O) groups excluding carboxylic acids is 1. The van der Waals surface area contributed by atoms with Gasteiger partial charge in [0.2, 0.25) is 0 Å². The monoisotopic (exact) mass is 307 g/mol. The van der Waals surface area contributed by atoms with Gasteiger partial charge in [0.05, 0.1) is 9.77 Å². The summed E-state index contributed by atoms with van der Waals surface area (Å²) in [5, 5.41) is 2.90. The van der Waals surface area contributed by atoms with Gasteiger partial charge < -0.3 is 5.32 Å².